The van der Waals surface area contributed by atoms with Crippen molar-refractivity contribution in [3.05, 3.63) is 41.3 Å². The molecule has 1 heterocycles. The molecule has 0 aliphatic heterocycles. The molecule has 2 N–H and O–H groups in total. The van der Waals surface area contributed by atoms with Crippen molar-refractivity contribution in [2.45, 2.75) is 39.3 Å². The van der Waals surface area contributed by atoms with Crippen LogP contribution >= 0.6 is 0 Å². The Bertz CT molecular complexity index is 740. The molecule has 2 aromatic rings. The van der Waals surface area contributed by atoms with Gasteiger partial charge in [0.25, 0.3) is 0 Å². The normalized spacial score (nSPS) is 12.8. The van der Waals surface area contributed by atoms with Crippen LogP contribution in [-0.2, 0) is 6.54 Å². The van der Waals surface area contributed by atoms with Crippen LogP contribution in [0.15, 0.2) is 33.8 Å². The zero-order chi connectivity index (χ0) is 19.1. The van der Waals surface area contributed by atoms with E-state index in [9.17, 15) is 0 Å². The molecule has 0 saturated carbocycles. The van der Waals surface area contributed by atoms with Crippen LogP contribution in [0.3, 0.4) is 0 Å². The zero-order valence-corrected chi connectivity index (χ0v) is 16.3. The van der Waals surface area contributed by atoms with Gasteiger partial charge >= 0.3 is 0 Å². The van der Waals surface area contributed by atoms with Crippen LogP contribution in [0.25, 0.3) is 0 Å². The van der Waals surface area contributed by atoms with E-state index in [4.69, 9.17) is 14.0 Å². The molecular formula is C19H28N4O3. The number of benzene rings is 1. The minimum Gasteiger partial charge on any atom is -0.497 e. The number of hydrogen-bond acceptors (Lipinski definition) is 5. The fourth-order valence-corrected chi connectivity index (χ4v) is 2.51. The highest BCUT2D eigenvalue weighted by Gasteiger charge is 2.15. The van der Waals surface area contributed by atoms with Gasteiger partial charge in [-0.25, -0.2) is 0 Å². The van der Waals surface area contributed by atoms with E-state index in [2.05, 4.69) is 34.6 Å². The molecular weight excluding hydrogens is 332 g/mol. The zero-order valence-electron chi connectivity index (χ0n) is 16.3. The number of nitrogens with zero attached hydrogens (tertiary/aromatic N) is 2. The van der Waals surface area contributed by atoms with Gasteiger partial charge in [-0.2, -0.15) is 0 Å². The first-order chi connectivity index (χ1) is 12.5. The Morgan fingerprint density at radius 2 is 1.96 bits per heavy atom. The molecule has 7 nitrogen and oxygen atoms in total. The highest BCUT2D eigenvalue weighted by Crippen LogP contribution is 2.29. The second-order valence-corrected chi connectivity index (χ2v) is 6.27. The first kappa shape index (κ1) is 19.6. The molecule has 0 saturated heterocycles. The fourth-order valence-electron chi connectivity index (χ4n) is 2.51. The molecule has 0 fully saturated rings. The van der Waals surface area contributed by atoms with Crippen LogP contribution in [0.1, 0.15) is 49.7 Å². The van der Waals surface area contributed by atoms with Crippen LogP contribution in [0, 0.1) is 0 Å². The fraction of sp³-hybridized carbons (Fsp3) is 0.474. The molecule has 0 bridgehead atoms. The summed E-state index contributed by atoms with van der Waals surface area (Å²) in [4.78, 5) is 4.27. The average molecular weight is 360 g/mol. The van der Waals surface area contributed by atoms with Gasteiger partial charge in [-0.05, 0) is 31.0 Å². The molecule has 7 heteroatoms. The van der Waals surface area contributed by atoms with Gasteiger partial charge in [-0.3, -0.25) is 4.99 Å². The molecule has 0 aliphatic rings. The van der Waals surface area contributed by atoms with Gasteiger partial charge in [0.1, 0.15) is 11.5 Å². The standard InChI is InChI=1S/C19H28N4O3/c1-12(2)17-10-15(26-23-17)11-21-19(20-4)22-13(3)16-9-14(24-5)7-8-18(16)25-6/h7-10,12-13H,11H2,1-6H3,(H2,20,21,22). The van der Waals surface area contributed by atoms with Crippen molar-refractivity contribution in [2.24, 2.45) is 4.99 Å². The third-order valence-corrected chi connectivity index (χ3v) is 4.08. The predicted octanol–water partition coefficient (Wildman–Crippen LogP) is 3.24. The largest absolute Gasteiger partial charge is 0.497 e. The van der Waals surface area contributed by atoms with Crippen LogP contribution in [0.5, 0.6) is 11.5 Å². The molecule has 1 aromatic carbocycles. The number of methoxy groups -OCH3 is 2. The smallest absolute Gasteiger partial charge is 0.191 e. The van der Waals surface area contributed by atoms with Gasteiger partial charge in [0, 0.05) is 18.7 Å². The predicted molar refractivity (Wildman–Crippen MR) is 102 cm³/mol. The minimum atomic E-state index is -0.0350. The van der Waals surface area contributed by atoms with Gasteiger partial charge in [-0.1, -0.05) is 19.0 Å². The van der Waals surface area contributed by atoms with Gasteiger partial charge < -0.3 is 24.6 Å². The lowest BCUT2D eigenvalue weighted by Gasteiger charge is -2.20. The Morgan fingerprint density at radius 1 is 1.19 bits per heavy atom. The summed E-state index contributed by atoms with van der Waals surface area (Å²) < 4.78 is 16.1. The lowest BCUT2D eigenvalue weighted by molar-refractivity contribution is 0.371. The Balaban J connectivity index is 2.02. The number of rotatable bonds is 7. The summed E-state index contributed by atoms with van der Waals surface area (Å²) in [5.74, 6) is 3.33. The Hall–Kier alpha value is -2.70. The molecule has 2 rings (SSSR count). The number of aliphatic imine (C=N–C) groups is 1. The van der Waals surface area contributed by atoms with Crippen LogP contribution < -0.4 is 20.1 Å². The molecule has 142 valence electrons. The summed E-state index contributed by atoms with van der Waals surface area (Å²) in [7, 11) is 5.03. The lowest BCUT2D eigenvalue weighted by Crippen LogP contribution is -2.38. The summed E-state index contributed by atoms with van der Waals surface area (Å²) in [6.07, 6.45) is 0. The van der Waals surface area contributed by atoms with E-state index in [0.29, 0.717) is 18.4 Å². The summed E-state index contributed by atoms with van der Waals surface area (Å²) >= 11 is 0. The number of hydrogen-bond donors (Lipinski definition) is 2. The van der Waals surface area contributed by atoms with Crippen molar-refractivity contribution in [3.63, 3.8) is 0 Å². The Morgan fingerprint density at radius 3 is 2.54 bits per heavy atom. The minimum absolute atomic E-state index is 0.0350. The van der Waals surface area contributed by atoms with E-state index in [-0.39, 0.29) is 6.04 Å². The lowest BCUT2D eigenvalue weighted by atomic mass is 10.1. The van der Waals surface area contributed by atoms with Crippen molar-refractivity contribution < 1.29 is 14.0 Å². The molecule has 1 unspecified atom stereocenters. The van der Waals surface area contributed by atoms with Crippen molar-refractivity contribution in [1.29, 1.82) is 0 Å². The number of ether oxygens (including phenoxy) is 2. The van der Waals surface area contributed by atoms with E-state index in [1.807, 2.05) is 31.2 Å². The third-order valence-electron chi connectivity index (χ3n) is 4.08. The van der Waals surface area contributed by atoms with Gasteiger partial charge in [0.15, 0.2) is 11.7 Å². The molecule has 26 heavy (non-hydrogen) atoms. The monoisotopic (exact) mass is 360 g/mol. The topological polar surface area (TPSA) is 80.9 Å². The van der Waals surface area contributed by atoms with E-state index < -0.39 is 0 Å². The van der Waals surface area contributed by atoms with Crippen LogP contribution in [0.4, 0.5) is 0 Å². The van der Waals surface area contributed by atoms with Crippen molar-refractivity contribution in [3.8, 4) is 11.5 Å². The SMILES string of the molecule is CN=C(NCc1cc(C(C)C)no1)NC(C)c1cc(OC)ccc1OC. The average Bonchev–Trinajstić information content (AvgIpc) is 3.13. The van der Waals surface area contributed by atoms with Gasteiger partial charge in [0.2, 0.25) is 0 Å². The van der Waals surface area contributed by atoms with Crippen molar-refractivity contribution >= 4 is 5.96 Å². The second kappa shape index (κ2) is 9.12. The van der Waals surface area contributed by atoms with E-state index in [1.165, 1.54) is 0 Å². The molecule has 0 radical (unpaired) electrons. The maximum atomic E-state index is 5.46. The Kier molecular flexibility index (Phi) is 6.89. The van der Waals surface area contributed by atoms with Crippen LogP contribution in [0.2, 0.25) is 0 Å². The molecule has 1 aromatic heterocycles. The van der Waals surface area contributed by atoms with Crippen molar-refractivity contribution in [2.75, 3.05) is 21.3 Å². The number of nitrogens with one attached hydrogen (secondary N) is 2. The summed E-state index contributed by atoms with van der Waals surface area (Å²) in [5.41, 5.74) is 1.93. The highest BCUT2D eigenvalue weighted by atomic mass is 16.5. The Labute approximate surface area is 154 Å². The first-order valence-electron chi connectivity index (χ1n) is 8.63. The highest BCUT2D eigenvalue weighted by molar-refractivity contribution is 5.80. The first-order valence-corrected chi connectivity index (χ1v) is 8.63. The molecule has 0 aliphatic carbocycles. The molecule has 0 spiro atoms. The number of guanidine groups is 1. The van der Waals surface area contributed by atoms with Gasteiger partial charge in [-0.15, -0.1) is 0 Å². The second-order valence-electron chi connectivity index (χ2n) is 6.27. The van der Waals surface area contributed by atoms with E-state index >= 15 is 0 Å². The quantitative estimate of drug-likeness (QED) is 0.583. The number of aromatic nitrogens is 1. The van der Waals surface area contributed by atoms with E-state index in [0.717, 1.165) is 28.5 Å². The van der Waals surface area contributed by atoms with Gasteiger partial charge in [0.05, 0.1) is 32.5 Å². The summed E-state index contributed by atoms with van der Waals surface area (Å²) in [6.45, 7) is 6.70. The van der Waals surface area contributed by atoms with Crippen molar-refractivity contribution in [1.82, 2.24) is 15.8 Å². The van der Waals surface area contributed by atoms with E-state index in [1.54, 1.807) is 21.3 Å². The summed E-state index contributed by atoms with van der Waals surface area (Å²) in [6, 6.07) is 7.64. The van der Waals surface area contributed by atoms with Crippen LogP contribution in [-0.4, -0.2) is 32.4 Å². The molecule has 1 atom stereocenters. The third kappa shape index (κ3) is 4.91. The maximum Gasteiger partial charge on any atom is 0.191 e. The maximum absolute atomic E-state index is 5.46. The summed E-state index contributed by atoms with van der Waals surface area (Å²) in [5, 5.41) is 10.7. The molecule has 0 amide bonds.